The molecule has 1 rings (SSSR count). The number of unbranched alkanes of at least 4 members (excludes halogenated alkanes) is 1. The minimum absolute atomic E-state index is 0.0352. The van der Waals surface area contributed by atoms with Crippen LogP contribution in [0.5, 0.6) is 0 Å². The second-order valence-corrected chi connectivity index (χ2v) is 7.43. The average molecular weight is 309 g/mol. The molecule has 120 valence electrons. The summed E-state index contributed by atoms with van der Waals surface area (Å²) in [6.45, 7) is 4.47. The lowest BCUT2D eigenvalue weighted by Gasteiger charge is -2.15. The highest BCUT2D eigenvalue weighted by atomic mass is 32.2. The Bertz CT molecular complexity index is 347. The zero-order valence-corrected chi connectivity index (χ0v) is 13.0. The fourth-order valence-corrected chi connectivity index (χ4v) is 3.71. The molecule has 0 aromatic carbocycles. The van der Waals surface area contributed by atoms with Gasteiger partial charge in [-0.2, -0.15) is 0 Å². The summed E-state index contributed by atoms with van der Waals surface area (Å²) in [7, 11) is -2.87. The number of rotatable bonds is 11. The lowest BCUT2D eigenvalue weighted by molar-refractivity contribution is 0.00339. The zero-order chi connectivity index (χ0) is 14.8. The summed E-state index contributed by atoms with van der Waals surface area (Å²) >= 11 is 0. The van der Waals surface area contributed by atoms with E-state index in [1.807, 2.05) is 0 Å². The molecule has 6 nitrogen and oxygen atoms in total. The molecule has 0 spiro atoms. The van der Waals surface area contributed by atoms with Crippen molar-refractivity contribution in [2.75, 3.05) is 44.5 Å². The van der Waals surface area contributed by atoms with Crippen LogP contribution in [0.1, 0.15) is 26.2 Å². The van der Waals surface area contributed by atoms with E-state index in [1.165, 1.54) is 0 Å². The third-order valence-corrected chi connectivity index (χ3v) is 4.97. The molecular weight excluding hydrogens is 282 g/mol. The average Bonchev–Trinajstić information content (AvgIpc) is 2.75. The Hall–Kier alpha value is -0.210. The first kappa shape index (κ1) is 17.8. The summed E-state index contributed by atoms with van der Waals surface area (Å²) < 4.78 is 33.2. The van der Waals surface area contributed by atoms with Crippen LogP contribution in [0.15, 0.2) is 0 Å². The van der Waals surface area contributed by atoms with Crippen LogP contribution in [0.4, 0.5) is 0 Å². The van der Waals surface area contributed by atoms with Crippen molar-refractivity contribution >= 4 is 9.84 Å². The molecule has 0 aromatic heterocycles. The molecule has 0 bridgehead atoms. The highest BCUT2D eigenvalue weighted by Gasteiger charge is 2.27. The second kappa shape index (κ2) is 9.68. The first-order valence-corrected chi connectivity index (χ1v) is 9.13. The number of ether oxygens (including phenoxy) is 2. The summed E-state index contributed by atoms with van der Waals surface area (Å²) in [5.74, 6) is 0.415. The van der Waals surface area contributed by atoms with Gasteiger partial charge < -0.3 is 19.9 Å². The predicted molar refractivity (Wildman–Crippen MR) is 77.6 cm³/mol. The Labute approximate surface area is 121 Å². The van der Waals surface area contributed by atoms with Gasteiger partial charge in [0, 0.05) is 19.2 Å². The summed E-state index contributed by atoms with van der Waals surface area (Å²) in [4.78, 5) is 0. The van der Waals surface area contributed by atoms with Gasteiger partial charge in [-0.3, -0.25) is 0 Å². The van der Waals surface area contributed by atoms with Gasteiger partial charge in [0.05, 0.1) is 37.4 Å². The molecule has 1 heterocycles. The van der Waals surface area contributed by atoms with Crippen molar-refractivity contribution in [2.24, 2.45) is 0 Å². The van der Waals surface area contributed by atoms with Crippen molar-refractivity contribution in [1.29, 1.82) is 0 Å². The van der Waals surface area contributed by atoms with E-state index < -0.39 is 15.9 Å². The zero-order valence-electron chi connectivity index (χ0n) is 12.2. The molecule has 2 N–H and O–H groups in total. The molecule has 0 aromatic rings. The van der Waals surface area contributed by atoms with Crippen molar-refractivity contribution in [3.63, 3.8) is 0 Å². The van der Waals surface area contributed by atoms with Crippen molar-refractivity contribution in [1.82, 2.24) is 5.32 Å². The van der Waals surface area contributed by atoms with E-state index in [9.17, 15) is 13.5 Å². The molecule has 7 heteroatoms. The molecule has 2 unspecified atom stereocenters. The van der Waals surface area contributed by atoms with E-state index in [0.717, 1.165) is 19.4 Å². The largest absolute Gasteiger partial charge is 0.389 e. The molecule has 0 amide bonds. The Balaban J connectivity index is 1.94. The molecule has 2 atom stereocenters. The maximum atomic E-state index is 11.3. The summed E-state index contributed by atoms with van der Waals surface area (Å²) in [5, 5.41) is 12.8. The van der Waals surface area contributed by atoms with Gasteiger partial charge in [-0.25, -0.2) is 8.42 Å². The quantitative estimate of drug-likeness (QED) is 0.521. The van der Waals surface area contributed by atoms with Gasteiger partial charge in [-0.15, -0.1) is 0 Å². The van der Waals surface area contributed by atoms with Crippen LogP contribution < -0.4 is 5.32 Å². The molecular formula is C13H27NO5S. The highest BCUT2D eigenvalue weighted by molar-refractivity contribution is 7.91. The van der Waals surface area contributed by atoms with Gasteiger partial charge in [0.1, 0.15) is 0 Å². The molecule has 0 saturated carbocycles. The summed E-state index contributed by atoms with van der Waals surface area (Å²) in [6, 6.07) is -0.0352. The topological polar surface area (TPSA) is 84.9 Å². The van der Waals surface area contributed by atoms with E-state index >= 15 is 0 Å². The van der Waals surface area contributed by atoms with Crippen molar-refractivity contribution < 1.29 is 23.0 Å². The van der Waals surface area contributed by atoms with Crippen LogP contribution in [0, 0.1) is 0 Å². The van der Waals surface area contributed by atoms with Gasteiger partial charge in [0.15, 0.2) is 9.84 Å². The molecule has 1 saturated heterocycles. The first-order valence-electron chi connectivity index (χ1n) is 7.31. The van der Waals surface area contributed by atoms with Crippen LogP contribution in [-0.2, 0) is 19.3 Å². The number of hydrogen-bond donors (Lipinski definition) is 2. The third kappa shape index (κ3) is 8.16. The van der Waals surface area contributed by atoms with E-state index in [0.29, 0.717) is 26.2 Å². The Morgan fingerprint density at radius 1 is 1.30 bits per heavy atom. The fraction of sp³-hybridized carbons (Fsp3) is 1.00. The minimum Gasteiger partial charge on any atom is -0.389 e. The summed E-state index contributed by atoms with van der Waals surface area (Å²) in [5.41, 5.74) is 0. The van der Waals surface area contributed by atoms with E-state index in [4.69, 9.17) is 9.47 Å². The highest BCUT2D eigenvalue weighted by Crippen LogP contribution is 2.10. The molecule has 0 aliphatic carbocycles. The van der Waals surface area contributed by atoms with Crippen LogP contribution in [0.2, 0.25) is 0 Å². The molecule has 20 heavy (non-hydrogen) atoms. The number of aliphatic hydroxyl groups excluding tert-OH is 1. The fourth-order valence-electron chi connectivity index (χ4n) is 2.00. The van der Waals surface area contributed by atoms with Crippen molar-refractivity contribution in [3.8, 4) is 0 Å². The first-order chi connectivity index (χ1) is 9.53. The van der Waals surface area contributed by atoms with E-state index in [1.54, 1.807) is 0 Å². The standard InChI is InChI=1S/C13H27NO5S/c1-2-3-5-18-6-7-19-10-13(15)9-14-12-4-8-20(16,17)11-12/h12-15H,2-11H2,1H3. The maximum absolute atomic E-state index is 11.3. The number of hydrogen-bond acceptors (Lipinski definition) is 6. The molecule has 1 fully saturated rings. The Kier molecular flexibility index (Phi) is 8.63. The minimum atomic E-state index is -2.87. The normalized spacial score (nSPS) is 23.0. The lowest BCUT2D eigenvalue weighted by atomic mass is 10.2. The maximum Gasteiger partial charge on any atom is 0.151 e. The Morgan fingerprint density at radius 3 is 2.70 bits per heavy atom. The van der Waals surface area contributed by atoms with Gasteiger partial charge in [-0.1, -0.05) is 13.3 Å². The molecule has 1 aliphatic heterocycles. The van der Waals surface area contributed by atoms with Crippen LogP contribution in [0.3, 0.4) is 0 Å². The number of aliphatic hydroxyl groups is 1. The van der Waals surface area contributed by atoms with Gasteiger partial charge in [0.25, 0.3) is 0 Å². The van der Waals surface area contributed by atoms with Crippen LogP contribution in [-0.4, -0.2) is 70.1 Å². The monoisotopic (exact) mass is 309 g/mol. The van der Waals surface area contributed by atoms with Gasteiger partial charge in [-0.05, 0) is 12.8 Å². The number of sulfone groups is 1. The smallest absolute Gasteiger partial charge is 0.151 e. The number of nitrogens with one attached hydrogen (secondary N) is 1. The third-order valence-electron chi connectivity index (χ3n) is 3.20. The predicted octanol–water partition coefficient (Wildman–Crippen LogP) is -0.0427. The van der Waals surface area contributed by atoms with E-state index in [-0.39, 0.29) is 24.2 Å². The van der Waals surface area contributed by atoms with Crippen molar-refractivity contribution in [3.05, 3.63) is 0 Å². The van der Waals surface area contributed by atoms with E-state index in [2.05, 4.69) is 12.2 Å². The summed E-state index contributed by atoms with van der Waals surface area (Å²) in [6.07, 6.45) is 2.18. The second-order valence-electron chi connectivity index (χ2n) is 5.20. The van der Waals surface area contributed by atoms with Crippen LogP contribution >= 0.6 is 0 Å². The molecule has 0 radical (unpaired) electrons. The Morgan fingerprint density at radius 2 is 2.05 bits per heavy atom. The van der Waals surface area contributed by atoms with Crippen LogP contribution in [0.25, 0.3) is 0 Å². The van der Waals surface area contributed by atoms with Gasteiger partial charge in [0.2, 0.25) is 0 Å². The van der Waals surface area contributed by atoms with Crippen molar-refractivity contribution in [2.45, 2.75) is 38.3 Å². The van der Waals surface area contributed by atoms with Gasteiger partial charge >= 0.3 is 0 Å². The SMILES string of the molecule is CCCCOCCOCC(O)CNC1CCS(=O)(=O)C1. The molecule has 1 aliphatic rings. The lowest BCUT2D eigenvalue weighted by Crippen LogP contribution is -2.38.